The fourth-order valence-corrected chi connectivity index (χ4v) is 2.33. The average Bonchev–Trinajstić information content (AvgIpc) is 2.36. The molecule has 0 spiro atoms. The van der Waals surface area contributed by atoms with Crippen LogP contribution in [0.5, 0.6) is 11.5 Å². The third kappa shape index (κ3) is 2.13. The first kappa shape index (κ1) is 13.6. The summed E-state index contributed by atoms with van der Waals surface area (Å²) >= 11 is 11.8. The summed E-state index contributed by atoms with van der Waals surface area (Å²) in [5.41, 5.74) is -0.120. The van der Waals surface area contributed by atoms with Gasteiger partial charge in [-0.2, -0.15) is 0 Å². The summed E-state index contributed by atoms with van der Waals surface area (Å²) in [6.07, 6.45) is 0. The minimum Gasteiger partial charge on any atom is -0.493 e. The number of hydrogen-bond donors (Lipinski definition) is 0. The van der Waals surface area contributed by atoms with Crippen LogP contribution in [0.3, 0.4) is 0 Å². The van der Waals surface area contributed by atoms with Gasteiger partial charge in [0.1, 0.15) is 10.5 Å². The van der Waals surface area contributed by atoms with E-state index in [2.05, 4.69) is 4.98 Å². The predicted molar refractivity (Wildman–Crippen MR) is 71.5 cm³/mol. The van der Waals surface area contributed by atoms with Gasteiger partial charge in [-0.25, -0.2) is 4.98 Å². The fourth-order valence-electron chi connectivity index (χ4n) is 1.72. The summed E-state index contributed by atoms with van der Waals surface area (Å²) in [5.74, 6) is 0.752. The molecule has 1 aromatic carbocycles. The van der Waals surface area contributed by atoms with Crippen molar-refractivity contribution < 1.29 is 14.4 Å². The van der Waals surface area contributed by atoms with Gasteiger partial charge < -0.3 is 9.47 Å². The number of aromatic nitrogens is 1. The molecule has 0 aliphatic carbocycles. The minimum atomic E-state index is -0.673. The van der Waals surface area contributed by atoms with Gasteiger partial charge in [0.25, 0.3) is 0 Å². The smallest absolute Gasteiger partial charge is 0.325 e. The zero-order chi connectivity index (χ0) is 14.2. The third-order valence-corrected chi connectivity index (χ3v) is 3.20. The summed E-state index contributed by atoms with van der Waals surface area (Å²) in [6.45, 7) is 0. The Bertz CT molecular complexity index is 676. The van der Waals surface area contributed by atoms with Gasteiger partial charge in [0.2, 0.25) is 5.15 Å². The molecule has 0 fully saturated rings. The molecule has 0 saturated carbocycles. The van der Waals surface area contributed by atoms with Gasteiger partial charge in [0.15, 0.2) is 11.5 Å². The highest BCUT2D eigenvalue weighted by Gasteiger charge is 2.25. The lowest BCUT2D eigenvalue weighted by atomic mass is 10.2. The molecule has 19 heavy (non-hydrogen) atoms. The first-order valence-electron chi connectivity index (χ1n) is 5.05. The molecule has 0 aliphatic rings. The van der Waals surface area contributed by atoms with Crippen LogP contribution in [-0.2, 0) is 0 Å². The van der Waals surface area contributed by atoms with Crippen molar-refractivity contribution in [1.29, 1.82) is 0 Å². The molecule has 0 atom stereocenters. The van der Waals surface area contributed by atoms with E-state index in [0.717, 1.165) is 0 Å². The van der Waals surface area contributed by atoms with E-state index in [-0.39, 0.29) is 10.2 Å². The Morgan fingerprint density at radius 3 is 2.47 bits per heavy atom. The topological polar surface area (TPSA) is 74.5 Å². The highest BCUT2D eigenvalue weighted by molar-refractivity contribution is 6.41. The summed E-state index contributed by atoms with van der Waals surface area (Å²) in [6, 6.07) is 3.15. The first-order chi connectivity index (χ1) is 9.01. The van der Waals surface area contributed by atoms with Gasteiger partial charge in [0, 0.05) is 5.39 Å². The van der Waals surface area contributed by atoms with E-state index in [0.29, 0.717) is 22.4 Å². The van der Waals surface area contributed by atoms with E-state index in [4.69, 9.17) is 32.7 Å². The lowest BCUT2D eigenvalue weighted by Gasteiger charge is -2.11. The number of nitrogens with zero attached hydrogens (tertiary/aromatic N) is 2. The lowest BCUT2D eigenvalue weighted by Crippen LogP contribution is -1.97. The Balaban J connectivity index is 2.91. The predicted octanol–water partition coefficient (Wildman–Crippen LogP) is 3.47. The van der Waals surface area contributed by atoms with E-state index in [1.165, 1.54) is 14.2 Å². The monoisotopic (exact) mass is 302 g/mol. The average molecular weight is 303 g/mol. The molecule has 2 aromatic rings. The largest absolute Gasteiger partial charge is 0.493 e. The van der Waals surface area contributed by atoms with Crippen LogP contribution in [0.25, 0.3) is 10.9 Å². The number of benzene rings is 1. The molecule has 0 unspecified atom stereocenters. The maximum absolute atomic E-state index is 10.9. The Kier molecular flexibility index (Phi) is 3.64. The van der Waals surface area contributed by atoms with Crippen LogP contribution >= 0.6 is 23.2 Å². The molecule has 1 aromatic heterocycles. The highest BCUT2D eigenvalue weighted by atomic mass is 35.5. The van der Waals surface area contributed by atoms with Crippen molar-refractivity contribution in [1.82, 2.24) is 4.98 Å². The summed E-state index contributed by atoms with van der Waals surface area (Å²) < 4.78 is 10.3. The number of ether oxygens (including phenoxy) is 2. The quantitative estimate of drug-likeness (QED) is 0.493. The van der Waals surface area contributed by atoms with Gasteiger partial charge in [0.05, 0.1) is 19.1 Å². The van der Waals surface area contributed by atoms with Crippen LogP contribution in [0.1, 0.15) is 0 Å². The summed E-state index contributed by atoms with van der Waals surface area (Å²) in [4.78, 5) is 14.2. The van der Waals surface area contributed by atoms with E-state index in [9.17, 15) is 10.1 Å². The lowest BCUT2D eigenvalue weighted by molar-refractivity contribution is -0.384. The van der Waals surface area contributed by atoms with Crippen LogP contribution in [0.4, 0.5) is 5.69 Å². The number of nitro groups is 1. The summed E-state index contributed by atoms with van der Waals surface area (Å²) in [5, 5.41) is 10.9. The summed E-state index contributed by atoms with van der Waals surface area (Å²) in [7, 11) is 2.90. The molecule has 0 aliphatic heterocycles. The molecule has 0 amide bonds. The molecular formula is C11H8Cl2N2O4. The van der Waals surface area contributed by atoms with E-state index >= 15 is 0 Å². The standard InChI is InChI=1S/C11H8Cl2N2O4/c1-18-6-4-3-5-7(12)9(15(16)17)11(13)14-8(5)10(6)19-2/h3-4H,1-2H3. The van der Waals surface area contributed by atoms with Gasteiger partial charge in [-0.15, -0.1) is 0 Å². The Morgan fingerprint density at radius 2 is 1.95 bits per heavy atom. The van der Waals surface area contributed by atoms with Crippen molar-refractivity contribution in [2.45, 2.75) is 0 Å². The first-order valence-corrected chi connectivity index (χ1v) is 5.81. The number of halogens is 2. The van der Waals surface area contributed by atoms with Crippen molar-refractivity contribution >= 4 is 39.8 Å². The zero-order valence-corrected chi connectivity index (χ0v) is 11.4. The van der Waals surface area contributed by atoms with Gasteiger partial charge in [-0.05, 0) is 12.1 Å². The molecule has 2 rings (SSSR count). The molecule has 8 heteroatoms. The van der Waals surface area contributed by atoms with Crippen molar-refractivity contribution in [3.05, 3.63) is 32.4 Å². The molecule has 0 N–H and O–H groups in total. The molecule has 0 saturated heterocycles. The SMILES string of the molecule is COc1ccc2c(Cl)c([N+](=O)[O-])c(Cl)nc2c1OC. The maximum atomic E-state index is 10.9. The van der Waals surface area contributed by atoms with Gasteiger partial charge in [-0.1, -0.05) is 23.2 Å². The number of rotatable bonds is 3. The van der Waals surface area contributed by atoms with Gasteiger partial charge in [-0.3, -0.25) is 10.1 Å². The third-order valence-electron chi connectivity index (χ3n) is 2.55. The van der Waals surface area contributed by atoms with Crippen molar-refractivity contribution in [3.63, 3.8) is 0 Å². The van der Waals surface area contributed by atoms with E-state index < -0.39 is 10.6 Å². The number of hydrogen-bond acceptors (Lipinski definition) is 5. The molecule has 0 bridgehead atoms. The van der Waals surface area contributed by atoms with Crippen LogP contribution in [0.2, 0.25) is 10.2 Å². The normalized spacial score (nSPS) is 10.5. The molecule has 0 radical (unpaired) electrons. The number of methoxy groups -OCH3 is 2. The number of pyridine rings is 1. The van der Waals surface area contributed by atoms with Crippen LogP contribution in [0, 0.1) is 10.1 Å². The molecular weight excluding hydrogens is 295 g/mol. The molecule has 1 heterocycles. The molecule has 6 nitrogen and oxygen atoms in total. The minimum absolute atomic E-state index is 0.0825. The van der Waals surface area contributed by atoms with Crippen molar-refractivity contribution in [2.75, 3.05) is 14.2 Å². The highest BCUT2D eigenvalue weighted by Crippen LogP contribution is 2.42. The molecule has 100 valence electrons. The zero-order valence-electron chi connectivity index (χ0n) is 9.94. The second-order valence-corrected chi connectivity index (χ2v) is 4.26. The van der Waals surface area contributed by atoms with Gasteiger partial charge >= 0.3 is 5.69 Å². The van der Waals surface area contributed by atoms with Crippen LogP contribution in [0.15, 0.2) is 12.1 Å². The van der Waals surface area contributed by atoms with Crippen molar-refractivity contribution in [2.24, 2.45) is 0 Å². The fraction of sp³-hybridized carbons (Fsp3) is 0.182. The maximum Gasteiger partial charge on any atom is 0.325 e. The number of fused-ring (bicyclic) bond motifs is 1. The van der Waals surface area contributed by atoms with E-state index in [1.807, 2.05) is 0 Å². The van der Waals surface area contributed by atoms with Crippen LogP contribution < -0.4 is 9.47 Å². The van der Waals surface area contributed by atoms with Crippen molar-refractivity contribution in [3.8, 4) is 11.5 Å². The Morgan fingerprint density at radius 1 is 1.26 bits per heavy atom. The van der Waals surface area contributed by atoms with Crippen LogP contribution in [-0.4, -0.2) is 24.1 Å². The second kappa shape index (κ2) is 5.07. The van der Waals surface area contributed by atoms with E-state index in [1.54, 1.807) is 12.1 Å². The Hall–Kier alpha value is -1.79. The Labute approximate surface area is 118 Å². The second-order valence-electron chi connectivity index (χ2n) is 3.52.